The molecule has 0 amide bonds. The number of allylic oxidation sites excluding steroid dienone is 1. The molecule has 2 heterocycles. The number of carbonyl (C=O) groups excluding carboxylic acids is 1. The minimum Gasteiger partial charge on any atom is -0.497 e. The van der Waals surface area contributed by atoms with E-state index in [0.29, 0.717) is 37.0 Å². The number of aromatic nitrogens is 1. The van der Waals surface area contributed by atoms with Crippen LogP contribution in [0.3, 0.4) is 0 Å². The molecule has 1 atom stereocenters. The Hall–Kier alpha value is -5.56. The molecular formula is C42H41N3O4. The van der Waals surface area contributed by atoms with Crippen LogP contribution in [0.5, 0.6) is 5.75 Å². The second kappa shape index (κ2) is 14.7. The normalized spacial score (nSPS) is 17.0. The van der Waals surface area contributed by atoms with Crippen molar-refractivity contribution in [2.24, 2.45) is 10.9 Å². The van der Waals surface area contributed by atoms with Crippen molar-refractivity contribution in [3.8, 4) is 11.4 Å². The fourth-order valence-electron chi connectivity index (χ4n) is 6.52. The van der Waals surface area contributed by atoms with E-state index < -0.39 is 0 Å². The van der Waals surface area contributed by atoms with E-state index in [1.807, 2.05) is 30.3 Å². The van der Waals surface area contributed by atoms with Crippen LogP contribution in [0.2, 0.25) is 0 Å². The summed E-state index contributed by atoms with van der Waals surface area (Å²) in [5, 5.41) is 3.70. The van der Waals surface area contributed by atoms with Gasteiger partial charge in [-0.3, -0.25) is 0 Å². The summed E-state index contributed by atoms with van der Waals surface area (Å²) in [5.41, 5.74) is 4.51. The van der Waals surface area contributed by atoms with E-state index in [1.54, 1.807) is 13.2 Å². The minimum absolute atomic E-state index is 0.154. The lowest BCUT2D eigenvalue weighted by atomic mass is 9.98. The molecule has 1 fully saturated rings. The minimum atomic E-state index is -0.371. The zero-order chi connectivity index (χ0) is 33.6. The maximum atomic E-state index is 13.0. The molecule has 7 rings (SSSR count). The van der Waals surface area contributed by atoms with E-state index in [-0.39, 0.29) is 11.9 Å². The number of carbonyl (C=O) groups is 1. The van der Waals surface area contributed by atoms with E-state index >= 15 is 0 Å². The van der Waals surface area contributed by atoms with Gasteiger partial charge in [-0.2, -0.15) is 4.99 Å². The predicted octanol–water partition coefficient (Wildman–Crippen LogP) is 7.32. The van der Waals surface area contributed by atoms with Crippen LogP contribution in [0.15, 0.2) is 120 Å². The molecule has 7 heteroatoms. The molecule has 1 aliphatic heterocycles. The molecule has 1 unspecified atom stereocenters. The number of para-hydroxylation sites is 3. The van der Waals surface area contributed by atoms with Gasteiger partial charge in [0.15, 0.2) is 0 Å². The molecule has 49 heavy (non-hydrogen) atoms. The fraction of sp³-hybridized carbons (Fsp3) is 0.238. The van der Waals surface area contributed by atoms with Gasteiger partial charge in [0.05, 0.1) is 37.0 Å². The Morgan fingerprint density at radius 3 is 2.55 bits per heavy atom. The number of aliphatic imine (C=N–C) groups is 1. The molecule has 7 nitrogen and oxygen atoms in total. The number of unbranched alkanes of at least 4 members (excludes halogenated alkanes) is 1. The Morgan fingerprint density at radius 2 is 1.73 bits per heavy atom. The number of fused-ring (bicyclic) bond motifs is 3. The Balaban J connectivity index is 1.20. The van der Waals surface area contributed by atoms with Crippen LogP contribution < -0.4 is 15.3 Å². The maximum absolute atomic E-state index is 13.0. The molecule has 4 aromatic carbocycles. The largest absolute Gasteiger partial charge is 0.497 e. The van der Waals surface area contributed by atoms with Crippen molar-refractivity contribution in [1.82, 2.24) is 9.47 Å². The lowest BCUT2D eigenvalue weighted by Crippen LogP contribution is -2.32. The summed E-state index contributed by atoms with van der Waals surface area (Å²) in [6, 6.07) is 35.1. The third kappa shape index (κ3) is 7.02. The van der Waals surface area contributed by atoms with Gasteiger partial charge >= 0.3 is 5.97 Å². The number of hydrogen-bond acceptors (Lipinski definition) is 5. The lowest BCUT2D eigenvalue weighted by molar-refractivity contribution is 0.0500. The first-order chi connectivity index (χ1) is 24.1. The van der Waals surface area contributed by atoms with Crippen LogP contribution in [0.1, 0.15) is 42.1 Å². The molecule has 0 spiro atoms. The van der Waals surface area contributed by atoms with E-state index in [0.717, 1.165) is 42.9 Å². The van der Waals surface area contributed by atoms with Crippen LogP contribution in [0.25, 0.3) is 28.7 Å². The zero-order valence-corrected chi connectivity index (χ0v) is 28.0. The van der Waals surface area contributed by atoms with Crippen LogP contribution in [0, 0.1) is 5.92 Å². The molecular weight excluding hydrogens is 610 g/mol. The van der Waals surface area contributed by atoms with Crippen LogP contribution >= 0.6 is 0 Å². The van der Waals surface area contributed by atoms with Gasteiger partial charge in [0, 0.05) is 34.1 Å². The molecule has 5 aromatic rings. The summed E-state index contributed by atoms with van der Waals surface area (Å²) in [7, 11) is 1.67. The second-order valence-corrected chi connectivity index (χ2v) is 12.4. The number of methoxy groups -OCH3 is 1. The monoisotopic (exact) mass is 651 g/mol. The van der Waals surface area contributed by atoms with Gasteiger partial charge in [-0.1, -0.05) is 86.2 Å². The lowest BCUT2D eigenvalue weighted by Gasteiger charge is -2.16. The van der Waals surface area contributed by atoms with E-state index in [1.165, 1.54) is 27.0 Å². The first-order valence-corrected chi connectivity index (χ1v) is 17.1. The first kappa shape index (κ1) is 32.0. The van der Waals surface area contributed by atoms with Gasteiger partial charge in [-0.15, -0.1) is 0 Å². The van der Waals surface area contributed by atoms with E-state index in [4.69, 9.17) is 19.2 Å². The number of hydrogen-bond donors (Lipinski definition) is 0. The third-order valence-corrected chi connectivity index (χ3v) is 9.07. The van der Waals surface area contributed by atoms with Crippen molar-refractivity contribution in [1.29, 1.82) is 0 Å². The standard InChI is InChI=1S/C42H41N3O4/c1-3-4-26-48-41(46)36-15-8-10-16-38(36)43-42-44(25-24-30-18-21-33(47-2)22-19-30)29-34(49-42)27-31-20-23-40-37(28-31)35-14-9-11-17-39(35)45(40)32-12-6-5-7-13-32/h5-19,21-23,27-28,31H,3-4,20,24-26,29H2,1-2H3/b34-27+,43-42?. The summed E-state index contributed by atoms with van der Waals surface area (Å²) in [6.07, 6.45) is 10.4. The van der Waals surface area contributed by atoms with Crippen molar-refractivity contribution in [2.45, 2.75) is 32.6 Å². The van der Waals surface area contributed by atoms with Crippen LogP contribution in [-0.4, -0.2) is 48.3 Å². The molecule has 1 aliphatic carbocycles. The van der Waals surface area contributed by atoms with Crippen molar-refractivity contribution < 1.29 is 19.0 Å². The maximum Gasteiger partial charge on any atom is 0.340 e. The highest BCUT2D eigenvalue weighted by Crippen LogP contribution is 2.27. The highest BCUT2D eigenvalue weighted by molar-refractivity contribution is 5.96. The Kier molecular flexibility index (Phi) is 9.60. The number of esters is 1. The SMILES string of the molecule is CCCCOC(=O)c1ccccc1N=C1O/C(=C/C2C=c3c(n(-c4ccccc4)c4ccccc34)=CC2)CN1CCc1ccc(OC)cc1. The molecule has 1 aromatic heterocycles. The Bertz CT molecular complexity index is 2130. The molecule has 0 bridgehead atoms. The van der Waals surface area contributed by atoms with Gasteiger partial charge in [-0.25, -0.2) is 4.79 Å². The molecule has 248 valence electrons. The molecule has 1 saturated heterocycles. The summed E-state index contributed by atoms with van der Waals surface area (Å²) in [4.78, 5) is 20.1. The summed E-state index contributed by atoms with van der Waals surface area (Å²) >= 11 is 0. The number of amidine groups is 1. The van der Waals surface area contributed by atoms with Gasteiger partial charge in [0.1, 0.15) is 11.5 Å². The van der Waals surface area contributed by atoms with Gasteiger partial charge in [0.25, 0.3) is 6.02 Å². The Labute approximate surface area is 287 Å². The highest BCUT2D eigenvalue weighted by atomic mass is 16.5. The van der Waals surface area contributed by atoms with Gasteiger partial charge < -0.3 is 23.7 Å². The topological polar surface area (TPSA) is 65.3 Å². The van der Waals surface area contributed by atoms with E-state index in [9.17, 15) is 4.79 Å². The van der Waals surface area contributed by atoms with Crippen molar-refractivity contribution in [3.05, 3.63) is 137 Å². The number of ether oxygens (including phenoxy) is 3. The summed E-state index contributed by atoms with van der Waals surface area (Å²) in [6.45, 7) is 3.74. The number of benzene rings is 4. The van der Waals surface area contributed by atoms with Crippen LogP contribution in [-0.2, 0) is 15.9 Å². The average Bonchev–Trinajstić information content (AvgIpc) is 3.68. The summed E-state index contributed by atoms with van der Waals surface area (Å²) < 4.78 is 19.8. The van der Waals surface area contributed by atoms with Gasteiger partial charge in [-0.05, 0) is 73.4 Å². The quantitative estimate of drug-likeness (QED) is 0.111. The first-order valence-electron chi connectivity index (χ1n) is 17.1. The summed E-state index contributed by atoms with van der Waals surface area (Å²) in [5.74, 6) is 1.46. The smallest absolute Gasteiger partial charge is 0.340 e. The van der Waals surface area contributed by atoms with E-state index in [2.05, 4.69) is 101 Å². The molecule has 0 N–H and O–H groups in total. The van der Waals surface area contributed by atoms with Crippen molar-refractivity contribution >= 4 is 40.7 Å². The van der Waals surface area contributed by atoms with Crippen molar-refractivity contribution in [3.63, 3.8) is 0 Å². The average molecular weight is 652 g/mol. The number of nitrogens with zero attached hydrogens (tertiary/aromatic N) is 3. The van der Waals surface area contributed by atoms with Crippen molar-refractivity contribution in [2.75, 3.05) is 26.8 Å². The molecule has 0 radical (unpaired) electrons. The number of rotatable bonds is 11. The van der Waals surface area contributed by atoms with Crippen LogP contribution in [0.4, 0.5) is 5.69 Å². The predicted molar refractivity (Wildman–Crippen MR) is 196 cm³/mol. The fourth-order valence-corrected chi connectivity index (χ4v) is 6.52. The third-order valence-electron chi connectivity index (χ3n) is 9.07. The highest BCUT2D eigenvalue weighted by Gasteiger charge is 2.27. The second-order valence-electron chi connectivity index (χ2n) is 12.4. The van der Waals surface area contributed by atoms with Gasteiger partial charge in [0.2, 0.25) is 0 Å². The Morgan fingerprint density at radius 1 is 0.959 bits per heavy atom. The zero-order valence-electron chi connectivity index (χ0n) is 28.0. The molecule has 0 saturated carbocycles. The molecule has 2 aliphatic rings.